The van der Waals surface area contributed by atoms with Crippen LogP contribution in [-0.2, 0) is 0 Å². The third kappa shape index (κ3) is 4.66. The molecule has 0 aliphatic heterocycles. The van der Waals surface area contributed by atoms with E-state index in [0.29, 0.717) is 0 Å². The van der Waals surface area contributed by atoms with E-state index < -0.39 is 0 Å². The molecular formula is C14H26Sn. The first-order valence-corrected chi connectivity index (χ1v) is 10.5. The van der Waals surface area contributed by atoms with Crippen LogP contribution in [0.3, 0.4) is 0 Å². The molecule has 2 aliphatic rings. The monoisotopic (exact) mass is 314 g/mol. The Morgan fingerprint density at radius 3 is 1.13 bits per heavy atom. The van der Waals surface area contributed by atoms with Crippen LogP contribution in [0, 0.1) is 0 Å². The summed E-state index contributed by atoms with van der Waals surface area (Å²) in [5.41, 5.74) is 0. The van der Waals surface area contributed by atoms with Gasteiger partial charge >= 0.3 is 106 Å². The molecular weight excluding hydrogens is 287 g/mol. The normalized spacial score (nSPS) is 27.2. The van der Waals surface area contributed by atoms with E-state index in [4.69, 9.17) is 0 Å². The average Bonchev–Trinajstić information content (AvgIpc) is 2.63. The van der Waals surface area contributed by atoms with Crippen LogP contribution in [0.2, 0.25) is 7.87 Å². The number of hydrogen-bond acceptors (Lipinski definition) is 0. The maximum absolute atomic E-state index is 1.63. The Morgan fingerprint density at radius 2 is 0.800 bits per heavy atom. The summed E-state index contributed by atoms with van der Waals surface area (Å²) in [5.74, 6) is 0. The number of hydrogen-bond donors (Lipinski definition) is 0. The molecule has 15 heavy (non-hydrogen) atoms. The molecule has 0 unspecified atom stereocenters. The number of rotatable bonds is 2. The van der Waals surface area contributed by atoms with Gasteiger partial charge in [0, 0.05) is 0 Å². The van der Waals surface area contributed by atoms with E-state index >= 15 is 0 Å². The van der Waals surface area contributed by atoms with Crippen LogP contribution in [0.25, 0.3) is 0 Å². The molecule has 2 rings (SSSR count). The van der Waals surface area contributed by atoms with E-state index in [-0.39, 0.29) is 21.1 Å². The van der Waals surface area contributed by atoms with Crippen LogP contribution in [0.15, 0.2) is 0 Å². The molecule has 0 bridgehead atoms. The van der Waals surface area contributed by atoms with Crippen molar-refractivity contribution < 1.29 is 0 Å². The van der Waals surface area contributed by atoms with E-state index in [1.165, 1.54) is 7.87 Å². The van der Waals surface area contributed by atoms with Crippen molar-refractivity contribution >= 4 is 21.1 Å². The standard InChI is InChI=1S/2C7H13.Sn/c2*1-2-4-6-7-5-3-1;/h2*1H,2-7H2;. The molecule has 1 heteroatoms. The fourth-order valence-electron chi connectivity index (χ4n) is 3.23. The zero-order chi connectivity index (χ0) is 10.3. The summed E-state index contributed by atoms with van der Waals surface area (Å²) in [6, 6.07) is 0. The fourth-order valence-corrected chi connectivity index (χ4v) is 9.36. The summed E-state index contributed by atoms with van der Waals surface area (Å²) in [6.07, 6.45) is 19.0. The fraction of sp³-hybridized carbons (Fsp3) is 1.00. The second-order valence-electron chi connectivity index (χ2n) is 5.54. The third-order valence-corrected chi connectivity index (χ3v) is 10.2. The van der Waals surface area contributed by atoms with Crippen molar-refractivity contribution in [2.24, 2.45) is 0 Å². The molecule has 0 N–H and O–H groups in total. The van der Waals surface area contributed by atoms with Crippen molar-refractivity contribution in [3.63, 3.8) is 0 Å². The van der Waals surface area contributed by atoms with Crippen molar-refractivity contribution in [2.75, 3.05) is 0 Å². The second kappa shape index (κ2) is 7.19. The average molecular weight is 313 g/mol. The predicted octanol–water partition coefficient (Wildman–Crippen LogP) is 4.98. The van der Waals surface area contributed by atoms with Gasteiger partial charge in [0.15, 0.2) is 0 Å². The van der Waals surface area contributed by atoms with E-state index in [1.807, 2.05) is 0 Å². The van der Waals surface area contributed by atoms with E-state index in [9.17, 15) is 0 Å². The SMILES string of the molecule is C1CCC[CH]([Sn][CH]2CCCCCC2)CC1. The molecule has 0 aromatic carbocycles. The first-order valence-electron chi connectivity index (χ1n) is 7.21. The minimum absolute atomic E-state index is 0.0177. The molecule has 2 aliphatic carbocycles. The summed E-state index contributed by atoms with van der Waals surface area (Å²) in [6.45, 7) is 0. The molecule has 2 saturated carbocycles. The van der Waals surface area contributed by atoms with Gasteiger partial charge in [-0.05, 0) is 0 Å². The van der Waals surface area contributed by atoms with Gasteiger partial charge in [-0.15, -0.1) is 0 Å². The van der Waals surface area contributed by atoms with Crippen LogP contribution in [0.1, 0.15) is 77.0 Å². The van der Waals surface area contributed by atoms with Gasteiger partial charge in [-0.1, -0.05) is 0 Å². The Bertz CT molecular complexity index is 133. The quantitative estimate of drug-likeness (QED) is 0.498. The van der Waals surface area contributed by atoms with E-state index in [0.717, 1.165) is 0 Å². The van der Waals surface area contributed by atoms with Gasteiger partial charge < -0.3 is 0 Å². The minimum atomic E-state index is -0.0177. The Morgan fingerprint density at radius 1 is 0.467 bits per heavy atom. The van der Waals surface area contributed by atoms with Crippen molar-refractivity contribution in [3.8, 4) is 0 Å². The maximum atomic E-state index is 1.63. The van der Waals surface area contributed by atoms with Gasteiger partial charge in [-0.2, -0.15) is 0 Å². The summed E-state index contributed by atoms with van der Waals surface area (Å²) in [4.78, 5) is 0. The van der Waals surface area contributed by atoms with Crippen LogP contribution in [-0.4, -0.2) is 21.1 Å². The third-order valence-electron chi connectivity index (χ3n) is 4.18. The molecule has 0 aromatic heterocycles. The first kappa shape index (κ1) is 12.3. The van der Waals surface area contributed by atoms with Crippen molar-refractivity contribution in [1.29, 1.82) is 0 Å². The van der Waals surface area contributed by atoms with E-state index in [2.05, 4.69) is 0 Å². The Kier molecular flexibility index (Phi) is 5.88. The summed E-state index contributed by atoms with van der Waals surface area (Å²) in [7, 11) is 0. The zero-order valence-corrected chi connectivity index (χ0v) is 13.0. The van der Waals surface area contributed by atoms with Gasteiger partial charge in [0.2, 0.25) is 0 Å². The summed E-state index contributed by atoms with van der Waals surface area (Å²) < 4.78 is 2.55. The summed E-state index contributed by atoms with van der Waals surface area (Å²) in [5, 5.41) is 0. The van der Waals surface area contributed by atoms with Gasteiger partial charge in [0.1, 0.15) is 0 Å². The zero-order valence-electron chi connectivity index (χ0n) is 10.1. The molecule has 0 saturated heterocycles. The molecule has 86 valence electrons. The van der Waals surface area contributed by atoms with Crippen LogP contribution in [0.4, 0.5) is 0 Å². The van der Waals surface area contributed by atoms with Crippen molar-refractivity contribution in [2.45, 2.75) is 84.9 Å². The molecule has 0 atom stereocenters. The molecule has 0 amide bonds. The van der Waals surface area contributed by atoms with Crippen LogP contribution >= 0.6 is 0 Å². The van der Waals surface area contributed by atoms with Crippen molar-refractivity contribution in [1.82, 2.24) is 0 Å². The molecule has 0 spiro atoms. The van der Waals surface area contributed by atoms with Gasteiger partial charge in [-0.25, -0.2) is 0 Å². The molecule has 0 aromatic rings. The van der Waals surface area contributed by atoms with Crippen LogP contribution < -0.4 is 0 Å². The summed E-state index contributed by atoms with van der Waals surface area (Å²) >= 11 is -0.0177. The Balaban J connectivity index is 1.73. The predicted molar refractivity (Wildman–Crippen MR) is 68.7 cm³/mol. The Hall–Kier alpha value is 0.799. The molecule has 2 radical (unpaired) electrons. The van der Waals surface area contributed by atoms with Crippen molar-refractivity contribution in [3.05, 3.63) is 0 Å². The van der Waals surface area contributed by atoms with E-state index in [1.54, 1.807) is 77.0 Å². The van der Waals surface area contributed by atoms with Crippen LogP contribution in [0.5, 0.6) is 0 Å². The van der Waals surface area contributed by atoms with Gasteiger partial charge in [-0.3, -0.25) is 0 Å². The topological polar surface area (TPSA) is 0 Å². The first-order chi connectivity index (χ1) is 7.45. The molecule has 0 heterocycles. The molecule has 2 fully saturated rings. The second-order valence-corrected chi connectivity index (χ2v) is 11.2. The van der Waals surface area contributed by atoms with Gasteiger partial charge in [0.25, 0.3) is 0 Å². The Labute approximate surface area is 106 Å². The van der Waals surface area contributed by atoms with Gasteiger partial charge in [0.05, 0.1) is 0 Å². The molecule has 0 nitrogen and oxygen atoms in total.